The average Bonchev–Trinajstić information content (AvgIpc) is 3.65. The minimum absolute atomic E-state index is 0.0333. The second-order valence-electron chi connectivity index (χ2n) is 12.6. The third-order valence-corrected chi connectivity index (χ3v) is 8.87. The van der Waals surface area contributed by atoms with Gasteiger partial charge in [0.05, 0.1) is 17.2 Å². The molecule has 2 aromatic carbocycles. The zero-order valence-electron chi connectivity index (χ0n) is 24.4. The van der Waals surface area contributed by atoms with Crippen LogP contribution in [0, 0.1) is 31.1 Å². The molecule has 0 spiro atoms. The molecule has 0 amide bonds. The first-order valence-electron chi connectivity index (χ1n) is 14.6. The van der Waals surface area contributed by atoms with Crippen LogP contribution in [0.3, 0.4) is 0 Å². The summed E-state index contributed by atoms with van der Waals surface area (Å²) in [4.78, 5) is 12.3. The zero-order valence-corrected chi connectivity index (χ0v) is 24.4. The van der Waals surface area contributed by atoms with E-state index in [1.807, 2.05) is 44.2 Å². The highest BCUT2D eigenvalue weighted by Crippen LogP contribution is 2.46. The first-order valence-corrected chi connectivity index (χ1v) is 14.6. The molecule has 40 heavy (non-hydrogen) atoms. The van der Waals surface area contributed by atoms with Gasteiger partial charge < -0.3 is 25.3 Å². The second kappa shape index (κ2) is 11.9. The molecular formula is C33H44N4O3. The number of rotatable bonds is 12. The highest BCUT2D eigenvalue weighted by Gasteiger charge is 2.51. The van der Waals surface area contributed by atoms with Crippen LogP contribution >= 0.6 is 0 Å². The lowest BCUT2D eigenvalue weighted by Gasteiger charge is -2.36. The summed E-state index contributed by atoms with van der Waals surface area (Å²) in [5.74, 6) is 1.38. The Bertz CT molecular complexity index is 1260. The first-order chi connectivity index (χ1) is 19.2. The molecule has 1 saturated heterocycles. The number of aliphatic hydroxyl groups excluding tert-OH is 1. The van der Waals surface area contributed by atoms with Crippen LogP contribution in [0.1, 0.15) is 67.9 Å². The molecule has 4 N–H and O–H groups in total. The van der Waals surface area contributed by atoms with Gasteiger partial charge in [0.15, 0.2) is 0 Å². The van der Waals surface area contributed by atoms with Crippen molar-refractivity contribution in [3.63, 3.8) is 0 Å². The van der Waals surface area contributed by atoms with E-state index in [4.69, 9.17) is 9.84 Å². The summed E-state index contributed by atoms with van der Waals surface area (Å²) in [5.41, 5.74) is 5.61. The molecule has 7 heteroatoms. The van der Waals surface area contributed by atoms with Crippen molar-refractivity contribution in [3.05, 3.63) is 70.8 Å². The number of aromatic amines is 1. The number of ether oxygens (including phenoxy) is 1. The van der Waals surface area contributed by atoms with E-state index in [1.165, 1.54) is 17.5 Å². The minimum Gasteiger partial charge on any atom is -0.472 e. The number of hydrogen-bond acceptors (Lipinski definition) is 6. The Kier molecular flexibility index (Phi) is 8.45. The number of H-pyrrole nitrogens is 1. The minimum atomic E-state index is -0.658. The molecule has 3 aromatic rings. The van der Waals surface area contributed by atoms with Gasteiger partial charge in [0, 0.05) is 42.1 Å². The predicted octanol–water partition coefficient (Wildman–Crippen LogP) is 5.09. The van der Waals surface area contributed by atoms with Crippen molar-refractivity contribution in [2.45, 2.75) is 71.6 Å². The molecule has 2 bridgehead atoms. The highest BCUT2D eigenvalue weighted by atomic mass is 16.5. The Balaban J connectivity index is 1.44. The van der Waals surface area contributed by atoms with Crippen molar-refractivity contribution in [1.29, 1.82) is 0 Å². The van der Waals surface area contributed by atoms with Crippen molar-refractivity contribution < 1.29 is 14.6 Å². The van der Waals surface area contributed by atoms with Gasteiger partial charge in [0.1, 0.15) is 12.4 Å². The van der Waals surface area contributed by atoms with Crippen LogP contribution < -0.4 is 15.4 Å². The molecule has 1 saturated carbocycles. The largest absolute Gasteiger partial charge is 0.472 e. The van der Waals surface area contributed by atoms with Crippen molar-refractivity contribution >= 4 is 6.29 Å². The number of nitrogens with one attached hydrogen (secondary N) is 3. The Labute approximate surface area is 238 Å². The molecule has 7 nitrogen and oxygen atoms in total. The molecule has 0 radical (unpaired) electrons. The maximum Gasteiger partial charge on any atom is 0.237 e. The van der Waals surface area contributed by atoms with Crippen molar-refractivity contribution in [2.75, 3.05) is 19.6 Å². The van der Waals surface area contributed by atoms with Crippen LogP contribution in [0.15, 0.2) is 48.5 Å². The van der Waals surface area contributed by atoms with E-state index in [0.717, 1.165) is 41.6 Å². The Hall–Kier alpha value is -3.00. The van der Waals surface area contributed by atoms with E-state index >= 15 is 0 Å². The number of nitrogens with zero attached hydrogens (tertiary/aromatic N) is 1. The lowest BCUT2D eigenvalue weighted by molar-refractivity contribution is -0.121. The van der Waals surface area contributed by atoms with E-state index in [1.54, 1.807) is 0 Å². The van der Waals surface area contributed by atoms with E-state index in [2.05, 4.69) is 54.7 Å². The summed E-state index contributed by atoms with van der Waals surface area (Å²) in [7, 11) is 0. The fraction of sp³-hybridized carbons (Fsp3) is 0.515. The van der Waals surface area contributed by atoms with Gasteiger partial charge in [-0.1, -0.05) is 54.4 Å². The number of fused-ring (bicyclic) bond motifs is 2. The lowest BCUT2D eigenvalue weighted by Crippen LogP contribution is -2.46. The van der Waals surface area contributed by atoms with Gasteiger partial charge in [-0.2, -0.15) is 0 Å². The second-order valence-corrected chi connectivity index (χ2v) is 12.6. The number of benzene rings is 2. The lowest BCUT2D eigenvalue weighted by atomic mass is 9.76. The third kappa shape index (κ3) is 5.87. The molecule has 1 aliphatic heterocycles. The van der Waals surface area contributed by atoms with Crippen LogP contribution in [0.25, 0.3) is 11.3 Å². The normalized spacial score (nSPS) is 22.7. The summed E-state index contributed by atoms with van der Waals surface area (Å²) >= 11 is 0. The Morgan fingerprint density at radius 3 is 2.45 bits per heavy atom. The van der Waals surface area contributed by atoms with Gasteiger partial charge in [-0.15, -0.1) is 5.10 Å². The number of aldehydes is 1. The van der Waals surface area contributed by atoms with Gasteiger partial charge in [-0.25, -0.2) is 0 Å². The van der Waals surface area contributed by atoms with Crippen LogP contribution in [-0.2, 0) is 4.79 Å². The number of aliphatic hydroxyl groups is 1. The number of aryl methyl sites for hydroxylation is 2. The van der Waals surface area contributed by atoms with Gasteiger partial charge in [-0.05, 0) is 70.7 Å². The summed E-state index contributed by atoms with van der Waals surface area (Å²) < 4.78 is 6.86. The zero-order chi connectivity index (χ0) is 28.4. The maximum absolute atomic E-state index is 12.3. The van der Waals surface area contributed by atoms with Crippen LogP contribution in [0.5, 0.6) is 5.88 Å². The average molecular weight is 545 g/mol. The number of carbonyl (C=O) groups excluding carboxylic acids is 1. The van der Waals surface area contributed by atoms with Crippen LogP contribution in [-0.4, -0.2) is 53.4 Å². The summed E-state index contributed by atoms with van der Waals surface area (Å²) in [6.07, 6.45) is 2.46. The van der Waals surface area contributed by atoms with E-state index in [0.29, 0.717) is 30.9 Å². The maximum atomic E-state index is 12.3. The number of piperidine rings is 1. The number of hydrogen-bond donors (Lipinski definition) is 4. The molecular weight excluding hydrogens is 500 g/mol. The van der Waals surface area contributed by atoms with Gasteiger partial charge >= 0.3 is 0 Å². The van der Waals surface area contributed by atoms with Crippen LogP contribution in [0.4, 0.5) is 0 Å². The number of carbonyl (C=O) groups is 1. The molecule has 5 unspecified atom stereocenters. The topological polar surface area (TPSA) is 99.3 Å². The molecule has 1 aliphatic carbocycles. The molecule has 2 aliphatic rings. The molecule has 214 valence electrons. The van der Waals surface area contributed by atoms with Crippen molar-refractivity contribution in [1.82, 2.24) is 20.8 Å². The number of aromatic nitrogens is 2. The SMILES string of the molecule is Cc1cc(C)cc(-c2[nH]nc(OC(C3C4CCC3NC4)C(C)(C)C=O)c2[C@H](C)CNCC(O)c2ccccc2)c1. The fourth-order valence-electron chi connectivity index (χ4n) is 6.81. The van der Waals surface area contributed by atoms with E-state index < -0.39 is 11.5 Å². The fourth-order valence-corrected chi connectivity index (χ4v) is 6.81. The molecule has 2 fully saturated rings. The monoisotopic (exact) mass is 544 g/mol. The van der Waals surface area contributed by atoms with Crippen molar-refractivity contribution in [3.8, 4) is 17.1 Å². The quantitative estimate of drug-likeness (QED) is 0.237. The Morgan fingerprint density at radius 2 is 1.85 bits per heavy atom. The van der Waals surface area contributed by atoms with E-state index in [9.17, 15) is 9.90 Å². The Morgan fingerprint density at radius 1 is 1.12 bits per heavy atom. The third-order valence-electron chi connectivity index (χ3n) is 8.87. The summed E-state index contributed by atoms with van der Waals surface area (Å²) in [5, 5.41) is 25.8. The van der Waals surface area contributed by atoms with Gasteiger partial charge in [0.25, 0.3) is 0 Å². The summed E-state index contributed by atoms with van der Waals surface area (Å²) in [6, 6.07) is 16.6. The van der Waals surface area contributed by atoms with Crippen molar-refractivity contribution in [2.24, 2.45) is 17.3 Å². The summed E-state index contributed by atoms with van der Waals surface area (Å²) in [6.45, 7) is 12.4. The van der Waals surface area contributed by atoms with Gasteiger partial charge in [0.2, 0.25) is 5.88 Å². The first kappa shape index (κ1) is 28.5. The molecule has 2 heterocycles. The smallest absolute Gasteiger partial charge is 0.237 e. The molecule has 1 aromatic heterocycles. The highest BCUT2D eigenvalue weighted by molar-refractivity contribution is 5.68. The van der Waals surface area contributed by atoms with Crippen LogP contribution in [0.2, 0.25) is 0 Å². The van der Waals surface area contributed by atoms with E-state index in [-0.39, 0.29) is 17.9 Å². The molecule has 6 atom stereocenters. The molecule has 5 rings (SSSR count). The standard InChI is InChI=1S/C33H44N4O3/c1-20-13-21(2)15-25(14-20)30-28(22(3)16-34-18-27(39)23-9-7-6-8-10-23)32(37-36-30)40-31(33(4,5)19-38)29-24-11-12-26(29)35-17-24/h6-10,13-15,19,22,24,26-27,29,31,34-35,39H,11-12,16-18H2,1-5H3,(H,36,37)/t22-,24?,26?,27?,29?,31?/m1/s1. The van der Waals surface area contributed by atoms with Gasteiger partial charge in [-0.3, -0.25) is 5.10 Å². The predicted molar refractivity (Wildman–Crippen MR) is 158 cm³/mol.